The first-order valence-corrected chi connectivity index (χ1v) is 7.92. The highest BCUT2D eigenvalue weighted by Gasteiger charge is 2.16. The van der Waals surface area contributed by atoms with Crippen molar-refractivity contribution in [3.8, 4) is 0 Å². The molecule has 0 atom stereocenters. The maximum absolute atomic E-state index is 12.7. The monoisotopic (exact) mass is 310 g/mol. The van der Waals surface area contributed by atoms with Gasteiger partial charge in [-0.1, -0.05) is 25.1 Å². The van der Waals surface area contributed by atoms with Gasteiger partial charge in [-0.05, 0) is 49.7 Å². The van der Waals surface area contributed by atoms with Gasteiger partial charge in [0.15, 0.2) is 0 Å². The van der Waals surface area contributed by atoms with Gasteiger partial charge in [-0.2, -0.15) is 0 Å². The van der Waals surface area contributed by atoms with E-state index in [-0.39, 0.29) is 11.8 Å². The summed E-state index contributed by atoms with van der Waals surface area (Å²) in [6.45, 7) is 5.18. The number of benzene rings is 2. The minimum atomic E-state index is -0.110. The summed E-state index contributed by atoms with van der Waals surface area (Å²) in [7, 11) is 0. The van der Waals surface area contributed by atoms with Crippen molar-refractivity contribution in [3.05, 3.63) is 65.7 Å². The van der Waals surface area contributed by atoms with E-state index >= 15 is 0 Å². The average Bonchev–Trinajstić information content (AvgIpc) is 2.61. The minimum Gasteiger partial charge on any atom is -0.352 e. The summed E-state index contributed by atoms with van der Waals surface area (Å²) in [6.07, 6.45) is 0.894. The Morgan fingerprint density at radius 3 is 2.09 bits per heavy atom. The van der Waals surface area contributed by atoms with E-state index in [1.165, 1.54) is 0 Å². The molecular weight excluding hydrogens is 288 g/mol. The van der Waals surface area contributed by atoms with Gasteiger partial charge in [-0.15, -0.1) is 0 Å². The molecule has 2 amide bonds. The van der Waals surface area contributed by atoms with Gasteiger partial charge in [0.1, 0.15) is 0 Å². The van der Waals surface area contributed by atoms with Crippen molar-refractivity contribution in [1.82, 2.24) is 5.32 Å². The molecule has 0 aliphatic heterocycles. The molecule has 0 radical (unpaired) electrons. The number of nitrogens with one attached hydrogen (secondary N) is 1. The molecule has 4 nitrogen and oxygen atoms in total. The number of nitrogens with zero attached hydrogens (tertiary/aromatic N) is 1. The standard InChI is InChI=1S/C19H22N2O2/c1-3-14-20-18(22)15-10-12-16(13-11-15)19(23)21(4-2)17-8-6-5-7-9-17/h5-13H,3-4,14H2,1-2H3,(H,20,22). The normalized spacial score (nSPS) is 10.2. The van der Waals surface area contributed by atoms with Crippen LogP contribution in [0.1, 0.15) is 41.0 Å². The Morgan fingerprint density at radius 1 is 0.913 bits per heavy atom. The van der Waals surface area contributed by atoms with E-state index in [2.05, 4.69) is 5.32 Å². The van der Waals surface area contributed by atoms with E-state index in [4.69, 9.17) is 0 Å². The molecule has 23 heavy (non-hydrogen) atoms. The molecular formula is C19H22N2O2. The Morgan fingerprint density at radius 2 is 1.52 bits per heavy atom. The molecule has 0 aliphatic carbocycles. The third-order valence-electron chi connectivity index (χ3n) is 3.56. The first-order chi connectivity index (χ1) is 11.2. The predicted octanol–water partition coefficient (Wildman–Crippen LogP) is 3.49. The lowest BCUT2D eigenvalue weighted by Gasteiger charge is -2.21. The van der Waals surface area contributed by atoms with Crippen molar-refractivity contribution in [2.45, 2.75) is 20.3 Å². The second kappa shape index (κ2) is 8.13. The highest BCUT2D eigenvalue weighted by Crippen LogP contribution is 2.17. The van der Waals surface area contributed by atoms with Gasteiger partial charge in [-0.25, -0.2) is 0 Å². The average molecular weight is 310 g/mol. The third kappa shape index (κ3) is 4.19. The van der Waals surface area contributed by atoms with E-state index in [9.17, 15) is 9.59 Å². The fourth-order valence-electron chi connectivity index (χ4n) is 2.31. The molecule has 0 bridgehead atoms. The van der Waals surface area contributed by atoms with Gasteiger partial charge in [0.25, 0.3) is 11.8 Å². The Hall–Kier alpha value is -2.62. The van der Waals surface area contributed by atoms with Crippen LogP contribution in [0.5, 0.6) is 0 Å². The third-order valence-corrected chi connectivity index (χ3v) is 3.56. The lowest BCUT2D eigenvalue weighted by Crippen LogP contribution is -2.30. The van der Waals surface area contributed by atoms with Crippen LogP contribution in [0.25, 0.3) is 0 Å². The molecule has 2 aromatic carbocycles. The SMILES string of the molecule is CCCNC(=O)c1ccc(C(=O)N(CC)c2ccccc2)cc1. The predicted molar refractivity (Wildman–Crippen MR) is 92.9 cm³/mol. The summed E-state index contributed by atoms with van der Waals surface area (Å²) >= 11 is 0. The van der Waals surface area contributed by atoms with Crippen LogP contribution in [-0.2, 0) is 0 Å². The summed E-state index contributed by atoms with van der Waals surface area (Å²) in [5.41, 5.74) is 2.00. The van der Waals surface area contributed by atoms with Crippen molar-refractivity contribution in [1.29, 1.82) is 0 Å². The second-order valence-electron chi connectivity index (χ2n) is 5.22. The topological polar surface area (TPSA) is 49.4 Å². The lowest BCUT2D eigenvalue weighted by atomic mass is 10.1. The van der Waals surface area contributed by atoms with Crippen molar-refractivity contribution in [2.75, 3.05) is 18.0 Å². The van der Waals surface area contributed by atoms with E-state index in [0.29, 0.717) is 24.2 Å². The molecule has 0 unspecified atom stereocenters. The van der Waals surface area contributed by atoms with Crippen LogP contribution >= 0.6 is 0 Å². The van der Waals surface area contributed by atoms with Crippen LogP contribution in [0, 0.1) is 0 Å². The fraction of sp³-hybridized carbons (Fsp3) is 0.263. The van der Waals surface area contributed by atoms with Crippen LogP contribution in [-0.4, -0.2) is 24.9 Å². The molecule has 0 aromatic heterocycles. The highest BCUT2D eigenvalue weighted by atomic mass is 16.2. The summed E-state index contributed by atoms with van der Waals surface area (Å²) < 4.78 is 0. The molecule has 120 valence electrons. The van der Waals surface area contributed by atoms with Crippen molar-refractivity contribution in [2.24, 2.45) is 0 Å². The van der Waals surface area contributed by atoms with Crippen molar-refractivity contribution >= 4 is 17.5 Å². The smallest absolute Gasteiger partial charge is 0.258 e. The number of hydrogen-bond acceptors (Lipinski definition) is 2. The van der Waals surface area contributed by atoms with E-state index < -0.39 is 0 Å². The number of hydrogen-bond donors (Lipinski definition) is 1. The number of rotatable bonds is 6. The second-order valence-corrected chi connectivity index (χ2v) is 5.22. The zero-order valence-electron chi connectivity index (χ0n) is 13.6. The van der Waals surface area contributed by atoms with Gasteiger partial charge in [0, 0.05) is 29.9 Å². The zero-order chi connectivity index (χ0) is 16.7. The molecule has 0 spiro atoms. The van der Waals surface area contributed by atoms with E-state index in [1.807, 2.05) is 44.2 Å². The van der Waals surface area contributed by atoms with Crippen LogP contribution < -0.4 is 10.2 Å². The van der Waals surface area contributed by atoms with Gasteiger partial charge >= 0.3 is 0 Å². The van der Waals surface area contributed by atoms with Gasteiger partial charge in [0.05, 0.1) is 0 Å². The molecule has 2 aromatic rings. The Labute approximate surface area is 137 Å². The lowest BCUT2D eigenvalue weighted by molar-refractivity contribution is 0.0950. The molecule has 0 fully saturated rings. The van der Waals surface area contributed by atoms with Crippen LogP contribution in [0.2, 0.25) is 0 Å². The summed E-state index contributed by atoms with van der Waals surface area (Å²) in [4.78, 5) is 26.3. The molecule has 0 saturated heterocycles. The number of amides is 2. The molecule has 0 saturated carbocycles. The van der Waals surface area contributed by atoms with Crippen LogP contribution in [0.4, 0.5) is 5.69 Å². The fourth-order valence-corrected chi connectivity index (χ4v) is 2.31. The summed E-state index contributed by atoms with van der Waals surface area (Å²) in [6, 6.07) is 16.4. The first kappa shape index (κ1) is 16.7. The molecule has 4 heteroatoms. The number of anilines is 1. The van der Waals surface area contributed by atoms with Gasteiger partial charge in [-0.3, -0.25) is 9.59 Å². The maximum atomic E-state index is 12.7. The highest BCUT2D eigenvalue weighted by molar-refractivity contribution is 6.06. The van der Waals surface area contributed by atoms with Crippen LogP contribution in [0.3, 0.4) is 0 Å². The summed E-state index contributed by atoms with van der Waals surface area (Å²) in [5, 5.41) is 2.82. The largest absolute Gasteiger partial charge is 0.352 e. The maximum Gasteiger partial charge on any atom is 0.258 e. The van der Waals surface area contributed by atoms with Crippen molar-refractivity contribution < 1.29 is 9.59 Å². The number of para-hydroxylation sites is 1. The Balaban J connectivity index is 2.14. The van der Waals surface area contributed by atoms with E-state index in [1.54, 1.807) is 29.2 Å². The molecule has 1 N–H and O–H groups in total. The Bertz CT molecular complexity index is 651. The first-order valence-electron chi connectivity index (χ1n) is 7.92. The molecule has 0 heterocycles. The number of carbonyl (C=O) groups excluding carboxylic acids is 2. The quantitative estimate of drug-likeness (QED) is 0.888. The van der Waals surface area contributed by atoms with Gasteiger partial charge in [0.2, 0.25) is 0 Å². The van der Waals surface area contributed by atoms with Crippen LogP contribution in [0.15, 0.2) is 54.6 Å². The Kier molecular flexibility index (Phi) is 5.92. The number of carbonyl (C=O) groups is 2. The van der Waals surface area contributed by atoms with Crippen molar-refractivity contribution in [3.63, 3.8) is 0 Å². The summed E-state index contributed by atoms with van der Waals surface area (Å²) in [5.74, 6) is -0.180. The van der Waals surface area contributed by atoms with Gasteiger partial charge < -0.3 is 10.2 Å². The minimum absolute atomic E-state index is 0.0702. The zero-order valence-corrected chi connectivity index (χ0v) is 13.6. The molecule has 0 aliphatic rings. The molecule has 2 rings (SSSR count). The van der Waals surface area contributed by atoms with E-state index in [0.717, 1.165) is 12.1 Å².